The van der Waals surface area contributed by atoms with Crippen LogP contribution in [0.2, 0.25) is 0 Å². The SMILES string of the molecule is FC(F)(F)Oc1ccc(-c2nc(I)ns2)cc1. The molecule has 0 radical (unpaired) electrons. The quantitative estimate of drug-likeness (QED) is 0.754. The molecule has 0 atom stereocenters. The lowest BCUT2D eigenvalue weighted by atomic mass is 10.2. The van der Waals surface area contributed by atoms with Crippen molar-refractivity contribution in [2.75, 3.05) is 0 Å². The van der Waals surface area contributed by atoms with Crippen LogP contribution in [0.5, 0.6) is 5.75 Å². The van der Waals surface area contributed by atoms with E-state index >= 15 is 0 Å². The van der Waals surface area contributed by atoms with Gasteiger partial charge in [0.15, 0.2) is 0 Å². The largest absolute Gasteiger partial charge is 0.573 e. The molecule has 1 heterocycles. The normalized spacial score (nSPS) is 11.5. The first kappa shape index (κ1) is 12.6. The summed E-state index contributed by atoms with van der Waals surface area (Å²) < 4.78 is 44.1. The van der Waals surface area contributed by atoms with Gasteiger partial charge in [0.2, 0.25) is 3.83 Å². The van der Waals surface area contributed by atoms with Crippen LogP contribution in [0.15, 0.2) is 24.3 Å². The molecule has 0 amide bonds. The number of aromatic nitrogens is 2. The van der Waals surface area contributed by atoms with E-state index in [0.717, 1.165) is 0 Å². The molecule has 0 spiro atoms. The molecule has 2 rings (SSSR count). The number of hydrogen-bond acceptors (Lipinski definition) is 4. The second-order valence-corrected chi connectivity index (χ2v) is 4.66. The van der Waals surface area contributed by atoms with Crippen LogP contribution in [-0.2, 0) is 0 Å². The van der Waals surface area contributed by atoms with Crippen molar-refractivity contribution < 1.29 is 17.9 Å². The van der Waals surface area contributed by atoms with Gasteiger partial charge >= 0.3 is 6.36 Å². The third-order valence-electron chi connectivity index (χ3n) is 1.74. The average Bonchev–Trinajstić information content (AvgIpc) is 2.63. The molecule has 0 saturated carbocycles. The lowest BCUT2D eigenvalue weighted by Crippen LogP contribution is -2.16. The molecule has 0 aliphatic heterocycles. The molecule has 17 heavy (non-hydrogen) atoms. The summed E-state index contributed by atoms with van der Waals surface area (Å²) in [6, 6.07) is 5.52. The fourth-order valence-electron chi connectivity index (χ4n) is 1.12. The van der Waals surface area contributed by atoms with Crippen molar-refractivity contribution >= 4 is 34.1 Å². The minimum Gasteiger partial charge on any atom is -0.406 e. The smallest absolute Gasteiger partial charge is 0.406 e. The summed E-state index contributed by atoms with van der Waals surface area (Å²) in [5.41, 5.74) is 0.708. The second kappa shape index (κ2) is 4.77. The van der Waals surface area contributed by atoms with Crippen molar-refractivity contribution in [2.45, 2.75) is 6.36 Å². The van der Waals surface area contributed by atoms with Gasteiger partial charge in [0.1, 0.15) is 10.8 Å². The van der Waals surface area contributed by atoms with E-state index in [1.807, 2.05) is 22.6 Å². The van der Waals surface area contributed by atoms with Gasteiger partial charge in [-0.2, -0.15) is 4.37 Å². The Morgan fingerprint density at radius 3 is 2.29 bits per heavy atom. The molecule has 0 saturated heterocycles. The summed E-state index contributed by atoms with van der Waals surface area (Å²) in [5, 5.41) is 0.660. The van der Waals surface area contributed by atoms with Gasteiger partial charge < -0.3 is 4.74 Å². The third kappa shape index (κ3) is 3.53. The van der Waals surface area contributed by atoms with Crippen molar-refractivity contribution in [3.8, 4) is 16.3 Å². The van der Waals surface area contributed by atoms with Gasteiger partial charge in [-0.15, -0.1) is 13.2 Å². The van der Waals surface area contributed by atoms with Crippen molar-refractivity contribution in [3.05, 3.63) is 28.1 Å². The molecule has 0 aliphatic carbocycles. The zero-order valence-electron chi connectivity index (χ0n) is 8.03. The fraction of sp³-hybridized carbons (Fsp3) is 0.111. The molecule has 8 heteroatoms. The minimum absolute atomic E-state index is 0.250. The van der Waals surface area contributed by atoms with Gasteiger partial charge in [-0.1, -0.05) is 0 Å². The molecule has 1 aromatic heterocycles. The second-order valence-electron chi connectivity index (χ2n) is 2.94. The molecule has 0 fully saturated rings. The molecule has 90 valence electrons. The Bertz CT molecular complexity index is 512. The summed E-state index contributed by atoms with van der Waals surface area (Å²) in [6.45, 7) is 0. The summed E-state index contributed by atoms with van der Waals surface area (Å²) in [5.74, 6) is -0.250. The van der Waals surface area contributed by atoms with E-state index < -0.39 is 6.36 Å². The molecule has 3 nitrogen and oxygen atoms in total. The van der Waals surface area contributed by atoms with Crippen LogP contribution in [0.3, 0.4) is 0 Å². The van der Waals surface area contributed by atoms with Crippen LogP contribution in [-0.4, -0.2) is 15.7 Å². The molecule has 2 aromatic rings. The molecule has 0 N–H and O–H groups in total. The highest BCUT2D eigenvalue weighted by Crippen LogP contribution is 2.27. The number of nitrogens with zero attached hydrogens (tertiary/aromatic N) is 2. The standard InChI is InChI=1S/C9H4F3IN2OS/c10-9(11,12)16-6-3-1-5(2-4-6)7-14-8(13)15-17-7/h1-4H. The highest BCUT2D eigenvalue weighted by Gasteiger charge is 2.30. The predicted molar refractivity (Wildman–Crippen MR) is 64.7 cm³/mol. The highest BCUT2D eigenvalue weighted by atomic mass is 127. The number of alkyl halides is 3. The Morgan fingerprint density at radius 2 is 1.82 bits per heavy atom. The van der Waals surface area contributed by atoms with E-state index in [4.69, 9.17) is 0 Å². The molecule has 0 aliphatic rings. The van der Waals surface area contributed by atoms with Crippen LogP contribution >= 0.6 is 34.1 Å². The topological polar surface area (TPSA) is 35.0 Å². The maximum atomic E-state index is 11.9. The van der Waals surface area contributed by atoms with Crippen molar-refractivity contribution in [1.29, 1.82) is 0 Å². The zero-order chi connectivity index (χ0) is 12.5. The van der Waals surface area contributed by atoms with Gasteiger partial charge in [-0.05, 0) is 35.8 Å². The van der Waals surface area contributed by atoms with Gasteiger partial charge in [-0.25, -0.2) is 4.98 Å². The van der Waals surface area contributed by atoms with Crippen LogP contribution in [0, 0.1) is 3.83 Å². The average molecular weight is 372 g/mol. The van der Waals surface area contributed by atoms with E-state index in [0.29, 0.717) is 14.4 Å². The first-order valence-electron chi connectivity index (χ1n) is 4.29. The van der Waals surface area contributed by atoms with Crippen molar-refractivity contribution in [3.63, 3.8) is 0 Å². The number of benzene rings is 1. The molecule has 1 aromatic carbocycles. The lowest BCUT2D eigenvalue weighted by Gasteiger charge is -2.08. The number of rotatable bonds is 2. The monoisotopic (exact) mass is 372 g/mol. The van der Waals surface area contributed by atoms with Crippen molar-refractivity contribution in [2.24, 2.45) is 0 Å². The maximum Gasteiger partial charge on any atom is 0.573 e. The molecular weight excluding hydrogens is 368 g/mol. The van der Waals surface area contributed by atoms with E-state index in [2.05, 4.69) is 14.1 Å². The van der Waals surface area contributed by atoms with E-state index in [1.165, 1.54) is 35.8 Å². The minimum atomic E-state index is -4.67. The molecule has 0 bridgehead atoms. The van der Waals surface area contributed by atoms with Crippen LogP contribution in [0.25, 0.3) is 10.6 Å². The maximum absolute atomic E-state index is 11.9. The first-order chi connectivity index (χ1) is 7.94. The number of hydrogen-bond donors (Lipinski definition) is 0. The summed E-state index contributed by atoms with van der Waals surface area (Å²) >= 11 is 3.16. The lowest BCUT2D eigenvalue weighted by molar-refractivity contribution is -0.274. The van der Waals surface area contributed by atoms with E-state index in [9.17, 15) is 13.2 Å². The van der Waals surface area contributed by atoms with Gasteiger partial charge in [0.05, 0.1) is 0 Å². The van der Waals surface area contributed by atoms with Crippen LogP contribution < -0.4 is 4.74 Å². The van der Waals surface area contributed by atoms with Crippen LogP contribution in [0.1, 0.15) is 0 Å². The highest BCUT2D eigenvalue weighted by molar-refractivity contribution is 14.1. The summed E-state index contributed by atoms with van der Waals surface area (Å²) in [7, 11) is 0. The van der Waals surface area contributed by atoms with Gasteiger partial charge in [-0.3, -0.25) is 0 Å². The summed E-state index contributed by atoms with van der Waals surface area (Å²) in [6.07, 6.45) is -4.67. The Balaban J connectivity index is 2.19. The zero-order valence-corrected chi connectivity index (χ0v) is 11.0. The van der Waals surface area contributed by atoms with E-state index in [-0.39, 0.29) is 5.75 Å². The molecule has 0 unspecified atom stereocenters. The Labute approximate surface area is 112 Å². The summed E-state index contributed by atoms with van der Waals surface area (Å²) in [4.78, 5) is 4.12. The Morgan fingerprint density at radius 1 is 1.18 bits per heavy atom. The first-order valence-corrected chi connectivity index (χ1v) is 6.15. The third-order valence-corrected chi connectivity index (χ3v) is 3.31. The Hall–Kier alpha value is -0.900. The van der Waals surface area contributed by atoms with Crippen LogP contribution in [0.4, 0.5) is 13.2 Å². The predicted octanol–water partition coefficient (Wildman–Crippen LogP) is 3.71. The fourth-order valence-corrected chi connectivity index (χ4v) is 2.39. The van der Waals surface area contributed by atoms with Crippen molar-refractivity contribution in [1.82, 2.24) is 9.36 Å². The van der Waals surface area contributed by atoms with Gasteiger partial charge in [0, 0.05) is 28.2 Å². The molecular formula is C9H4F3IN2OS. The van der Waals surface area contributed by atoms with E-state index in [1.54, 1.807) is 0 Å². The number of ether oxygens (including phenoxy) is 1. The number of halogens is 4. The van der Waals surface area contributed by atoms with Gasteiger partial charge in [0.25, 0.3) is 0 Å². The Kier molecular flexibility index (Phi) is 3.52.